The fourth-order valence-electron chi connectivity index (χ4n) is 2.90. The third-order valence-electron chi connectivity index (χ3n) is 4.17. The second kappa shape index (κ2) is 10.1. The molecule has 0 aliphatic heterocycles. The number of fused-ring (bicyclic) bond motifs is 1. The van der Waals surface area contributed by atoms with Crippen LogP contribution in [0.2, 0.25) is 5.02 Å². The maximum atomic E-state index is 12.2. The van der Waals surface area contributed by atoms with E-state index in [-0.39, 0.29) is 11.9 Å². The zero-order valence-electron chi connectivity index (χ0n) is 17.6. The van der Waals surface area contributed by atoms with Crippen LogP contribution in [0.25, 0.3) is 11.0 Å². The number of carbonyl (C=O) groups excluding carboxylic acids is 1. The minimum Gasteiger partial charge on any atom is -0.367 e. The minimum atomic E-state index is -0.0402. The predicted molar refractivity (Wildman–Crippen MR) is 123 cm³/mol. The molecule has 2 heterocycles. The molecule has 1 amide bonds. The summed E-state index contributed by atoms with van der Waals surface area (Å²) in [7, 11) is 0. The van der Waals surface area contributed by atoms with Crippen molar-refractivity contribution in [2.75, 3.05) is 11.9 Å². The highest BCUT2D eigenvalue weighted by molar-refractivity contribution is 7.99. The largest absolute Gasteiger partial charge is 0.367 e. The lowest BCUT2D eigenvalue weighted by Crippen LogP contribution is -2.28. The van der Waals surface area contributed by atoms with Crippen molar-refractivity contribution in [3.63, 3.8) is 0 Å². The second-order valence-corrected chi connectivity index (χ2v) is 9.56. The normalized spacial score (nSPS) is 11.4. The van der Waals surface area contributed by atoms with E-state index in [1.165, 1.54) is 0 Å². The van der Waals surface area contributed by atoms with Gasteiger partial charge >= 0.3 is 0 Å². The van der Waals surface area contributed by atoms with Crippen molar-refractivity contribution in [3.8, 4) is 0 Å². The van der Waals surface area contributed by atoms with Gasteiger partial charge in [-0.3, -0.25) is 4.79 Å². The summed E-state index contributed by atoms with van der Waals surface area (Å²) in [6, 6.07) is 7.54. The molecule has 7 nitrogen and oxygen atoms in total. The number of halogens is 1. The highest BCUT2D eigenvalue weighted by atomic mass is 35.5. The molecule has 1 aromatic carbocycles. The molecule has 0 radical (unpaired) electrons. The van der Waals surface area contributed by atoms with Crippen molar-refractivity contribution in [2.45, 2.75) is 57.1 Å². The van der Waals surface area contributed by atoms with Gasteiger partial charge in [0.05, 0.1) is 24.5 Å². The lowest BCUT2D eigenvalue weighted by molar-refractivity contribution is -0.120. The topological polar surface area (TPSA) is 84.7 Å². The van der Waals surface area contributed by atoms with Crippen molar-refractivity contribution >= 4 is 46.1 Å². The van der Waals surface area contributed by atoms with Crippen molar-refractivity contribution in [1.29, 1.82) is 0 Å². The maximum Gasteiger partial charge on any atom is 0.224 e. The number of nitrogens with one attached hydrogen (secondary N) is 2. The molecule has 3 rings (SSSR count). The third kappa shape index (κ3) is 6.09. The SMILES string of the molecule is CC(C)Nc1nc(SC(C)C)nc2c1cnn2CCNC(=O)Cc1ccc(Cl)cc1. The van der Waals surface area contributed by atoms with Gasteiger partial charge in [-0.15, -0.1) is 0 Å². The van der Waals surface area contributed by atoms with E-state index in [1.807, 2.05) is 16.8 Å². The molecule has 0 saturated heterocycles. The molecule has 0 spiro atoms. The molecule has 0 aliphatic rings. The highest BCUT2D eigenvalue weighted by Gasteiger charge is 2.15. The molecule has 0 saturated carbocycles. The molecule has 2 N–H and O–H groups in total. The van der Waals surface area contributed by atoms with Gasteiger partial charge in [-0.1, -0.05) is 49.3 Å². The van der Waals surface area contributed by atoms with Gasteiger partial charge in [-0.05, 0) is 31.5 Å². The van der Waals surface area contributed by atoms with Crippen LogP contribution in [0.4, 0.5) is 5.82 Å². The van der Waals surface area contributed by atoms with Gasteiger partial charge in [-0.2, -0.15) is 5.10 Å². The van der Waals surface area contributed by atoms with Crippen molar-refractivity contribution < 1.29 is 4.79 Å². The molecule has 0 atom stereocenters. The minimum absolute atomic E-state index is 0.0402. The van der Waals surface area contributed by atoms with Crippen LogP contribution in [-0.2, 0) is 17.8 Å². The molecule has 9 heteroatoms. The first-order valence-corrected chi connectivity index (χ1v) is 11.3. The van der Waals surface area contributed by atoms with Crippen molar-refractivity contribution in [1.82, 2.24) is 25.1 Å². The lowest BCUT2D eigenvalue weighted by Gasteiger charge is -2.12. The predicted octanol–water partition coefficient (Wildman–Crippen LogP) is 4.16. The molecular formula is C21H27ClN6OS. The monoisotopic (exact) mass is 446 g/mol. The molecule has 30 heavy (non-hydrogen) atoms. The van der Waals surface area contributed by atoms with E-state index in [0.717, 1.165) is 22.4 Å². The summed E-state index contributed by atoms with van der Waals surface area (Å²) in [4.78, 5) is 21.6. The Balaban J connectivity index is 1.69. The second-order valence-electron chi connectivity index (χ2n) is 7.58. The number of rotatable bonds is 9. The molecule has 0 bridgehead atoms. The summed E-state index contributed by atoms with van der Waals surface area (Å²) in [5.74, 6) is 0.748. The summed E-state index contributed by atoms with van der Waals surface area (Å²) in [5, 5.41) is 13.4. The average molecular weight is 447 g/mol. The summed E-state index contributed by atoms with van der Waals surface area (Å²) in [5.41, 5.74) is 1.69. The van der Waals surface area contributed by atoms with Crippen molar-refractivity contribution in [3.05, 3.63) is 41.0 Å². The highest BCUT2D eigenvalue weighted by Crippen LogP contribution is 2.26. The van der Waals surface area contributed by atoms with E-state index in [4.69, 9.17) is 16.6 Å². The Kier molecular flexibility index (Phi) is 7.55. The van der Waals surface area contributed by atoms with E-state index in [1.54, 1.807) is 30.1 Å². The number of aromatic nitrogens is 4. The van der Waals surface area contributed by atoms with Gasteiger partial charge in [0.15, 0.2) is 10.8 Å². The van der Waals surface area contributed by atoms with E-state index in [9.17, 15) is 4.79 Å². The Labute approximate surface area is 186 Å². The van der Waals surface area contributed by atoms with E-state index in [2.05, 4.69) is 48.4 Å². The molecule has 3 aromatic rings. The van der Waals surface area contributed by atoms with Gasteiger partial charge in [0, 0.05) is 22.9 Å². The van der Waals surface area contributed by atoms with E-state index >= 15 is 0 Å². The Morgan fingerprint density at radius 2 is 1.90 bits per heavy atom. The van der Waals surface area contributed by atoms with Gasteiger partial charge in [0.2, 0.25) is 5.91 Å². The Morgan fingerprint density at radius 1 is 1.17 bits per heavy atom. The number of benzene rings is 1. The van der Waals surface area contributed by atoms with Crippen LogP contribution in [0.5, 0.6) is 0 Å². The maximum absolute atomic E-state index is 12.2. The summed E-state index contributed by atoms with van der Waals surface area (Å²) in [6.07, 6.45) is 2.09. The van der Waals surface area contributed by atoms with Crippen LogP contribution in [0, 0.1) is 0 Å². The fourth-order valence-corrected chi connectivity index (χ4v) is 3.73. The standard InChI is InChI=1S/C21H27ClN6OS/c1-13(2)25-19-17-12-24-28(20(17)27-21(26-19)30-14(3)4)10-9-23-18(29)11-15-5-7-16(22)8-6-15/h5-8,12-14H,9-11H2,1-4H3,(H,23,29)(H,25,26,27). The number of thioether (sulfide) groups is 1. The van der Waals surface area contributed by atoms with Gasteiger partial charge in [-0.25, -0.2) is 14.6 Å². The summed E-state index contributed by atoms with van der Waals surface area (Å²) >= 11 is 7.50. The molecule has 0 fully saturated rings. The van der Waals surface area contributed by atoms with Crippen LogP contribution in [0.3, 0.4) is 0 Å². The zero-order valence-corrected chi connectivity index (χ0v) is 19.2. The average Bonchev–Trinajstić information content (AvgIpc) is 3.06. The third-order valence-corrected chi connectivity index (χ3v) is 5.28. The van der Waals surface area contributed by atoms with E-state index in [0.29, 0.717) is 34.9 Å². The Morgan fingerprint density at radius 3 is 2.57 bits per heavy atom. The summed E-state index contributed by atoms with van der Waals surface area (Å²) < 4.78 is 1.81. The van der Waals surface area contributed by atoms with Crippen LogP contribution < -0.4 is 10.6 Å². The van der Waals surface area contributed by atoms with Crippen LogP contribution in [-0.4, -0.2) is 43.5 Å². The number of amides is 1. The van der Waals surface area contributed by atoms with Gasteiger partial charge < -0.3 is 10.6 Å². The Hall–Kier alpha value is -2.32. The lowest BCUT2D eigenvalue weighted by atomic mass is 10.1. The first kappa shape index (κ1) is 22.4. The number of anilines is 1. The number of carbonyl (C=O) groups is 1. The molecule has 0 unspecified atom stereocenters. The first-order chi connectivity index (χ1) is 14.3. The molecule has 2 aromatic heterocycles. The van der Waals surface area contributed by atoms with Crippen LogP contribution in [0.1, 0.15) is 33.3 Å². The first-order valence-electron chi connectivity index (χ1n) is 9.99. The van der Waals surface area contributed by atoms with E-state index < -0.39 is 0 Å². The number of hydrogen-bond donors (Lipinski definition) is 2. The van der Waals surface area contributed by atoms with Crippen molar-refractivity contribution in [2.24, 2.45) is 0 Å². The van der Waals surface area contributed by atoms with Gasteiger partial charge in [0.1, 0.15) is 5.82 Å². The Bertz CT molecular complexity index is 1000. The number of hydrogen-bond acceptors (Lipinski definition) is 6. The molecular weight excluding hydrogens is 420 g/mol. The zero-order chi connectivity index (χ0) is 21.7. The molecule has 0 aliphatic carbocycles. The quantitative estimate of drug-likeness (QED) is 0.379. The van der Waals surface area contributed by atoms with Crippen LogP contribution in [0.15, 0.2) is 35.6 Å². The molecule has 160 valence electrons. The number of nitrogens with zero attached hydrogens (tertiary/aromatic N) is 4. The van der Waals surface area contributed by atoms with Crippen LogP contribution >= 0.6 is 23.4 Å². The fraction of sp³-hybridized carbons (Fsp3) is 0.429. The summed E-state index contributed by atoms with van der Waals surface area (Å²) in [6.45, 7) is 9.36. The smallest absolute Gasteiger partial charge is 0.224 e. The van der Waals surface area contributed by atoms with Gasteiger partial charge in [0.25, 0.3) is 0 Å².